The normalized spacial score (nSPS) is 16.1. The fourth-order valence-electron chi connectivity index (χ4n) is 5.23. The van der Waals surface area contributed by atoms with Crippen molar-refractivity contribution in [3.05, 3.63) is 82.7 Å². The highest BCUT2D eigenvalue weighted by atomic mass is 19.1. The molecular formula is C29H34F2N4O. The molecule has 0 bridgehead atoms. The molecule has 3 aromatic rings. The highest BCUT2D eigenvalue weighted by molar-refractivity contribution is 5.79. The van der Waals surface area contributed by atoms with Gasteiger partial charge in [0.05, 0.1) is 23.6 Å². The van der Waals surface area contributed by atoms with Crippen molar-refractivity contribution < 1.29 is 13.6 Å². The van der Waals surface area contributed by atoms with Gasteiger partial charge in [0.15, 0.2) is 0 Å². The van der Waals surface area contributed by atoms with E-state index in [1.807, 2.05) is 21.7 Å². The molecular weight excluding hydrogens is 458 g/mol. The average molecular weight is 493 g/mol. The van der Waals surface area contributed by atoms with Crippen molar-refractivity contribution in [3.63, 3.8) is 0 Å². The molecule has 7 heteroatoms. The van der Waals surface area contributed by atoms with Gasteiger partial charge in [-0.05, 0) is 49.1 Å². The van der Waals surface area contributed by atoms with E-state index in [-0.39, 0.29) is 23.5 Å². The standard InChI is InChI=1S/C29H34F2N4O/c1-20(2)16-34(29(36)21-7-5-8-21)19-27-25-18-33(17-22-6-3-4-9-26(22)31)15-14-28(25)35(32-27)24-12-10-23(30)11-13-24/h3-4,6,9-13,20-21H,5,7-8,14-19H2,1-2H3. The van der Waals surface area contributed by atoms with Crippen molar-refractivity contribution in [3.8, 4) is 5.69 Å². The van der Waals surface area contributed by atoms with Crippen molar-refractivity contribution >= 4 is 5.91 Å². The number of fused-ring (bicyclic) bond motifs is 1. The smallest absolute Gasteiger partial charge is 0.226 e. The quantitative estimate of drug-likeness (QED) is 0.417. The maximum atomic E-state index is 14.4. The Kier molecular flexibility index (Phi) is 7.19. The molecule has 2 aliphatic rings. The Morgan fingerprint density at radius 2 is 1.86 bits per heavy atom. The summed E-state index contributed by atoms with van der Waals surface area (Å²) in [6, 6.07) is 13.3. The molecule has 0 spiro atoms. The van der Waals surface area contributed by atoms with Gasteiger partial charge in [0.1, 0.15) is 11.6 Å². The van der Waals surface area contributed by atoms with Gasteiger partial charge in [-0.3, -0.25) is 9.69 Å². The highest BCUT2D eigenvalue weighted by Gasteiger charge is 2.32. The van der Waals surface area contributed by atoms with Crippen molar-refractivity contribution in [1.29, 1.82) is 0 Å². The molecule has 36 heavy (non-hydrogen) atoms. The lowest BCUT2D eigenvalue weighted by atomic mass is 9.84. The molecule has 0 unspecified atom stereocenters. The molecule has 1 aliphatic carbocycles. The molecule has 0 saturated heterocycles. The van der Waals surface area contributed by atoms with E-state index in [1.165, 1.54) is 18.2 Å². The molecule has 5 rings (SSSR count). The summed E-state index contributed by atoms with van der Waals surface area (Å²) in [5.41, 5.74) is 4.54. The Morgan fingerprint density at radius 3 is 2.53 bits per heavy atom. The van der Waals surface area contributed by atoms with E-state index in [0.29, 0.717) is 37.7 Å². The van der Waals surface area contributed by atoms with Crippen molar-refractivity contribution in [2.75, 3.05) is 13.1 Å². The number of aromatic nitrogens is 2. The second kappa shape index (κ2) is 10.5. The van der Waals surface area contributed by atoms with E-state index >= 15 is 0 Å². The minimum atomic E-state index is -0.287. The first-order chi connectivity index (χ1) is 17.4. The van der Waals surface area contributed by atoms with Crippen LogP contribution in [0.3, 0.4) is 0 Å². The van der Waals surface area contributed by atoms with Gasteiger partial charge >= 0.3 is 0 Å². The molecule has 2 aromatic carbocycles. The molecule has 0 radical (unpaired) electrons. The summed E-state index contributed by atoms with van der Waals surface area (Å²) in [7, 11) is 0. The summed E-state index contributed by atoms with van der Waals surface area (Å²) < 4.78 is 29.9. The molecule has 1 fully saturated rings. The molecule has 190 valence electrons. The number of carbonyl (C=O) groups excluding carboxylic acids is 1. The number of rotatable bonds is 8. The zero-order valence-corrected chi connectivity index (χ0v) is 21.1. The summed E-state index contributed by atoms with van der Waals surface area (Å²) in [4.78, 5) is 17.5. The second-order valence-electron chi connectivity index (χ2n) is 10.6. The van der Waals surface area contributed by atoms with E-state index in [0.717, 1.165) is 54.9 Å². The van der Waals surface area contributed by atoms with Crippen LogP contribution in [0.1, 0.15) is 55.6 Å². The fraction of sp³-hybridized carbons (Fsp3) is 0.448. The number of hydrogen-bond donors (Lipinski definition) is 0. The third-order valence-electron chi connectivity index (χ3n) is 7.33. The molecule has 1 aromatic heterocycles. The summed E-state index contributed by atoms with van der Waals surface area (Å²) in [5.74, 6) is 0.210. The van der Waals surface area contributed by atoms with Gasteiger partial charge in [-0.15, -0.1) is 0 Å². The maximum absolute atomic E-state index is 14.4. The predicted octanol–water partition coefficient (Wildman–Crippen LogP) is 5.49. The van der Waals surface area contributed by atoms with Crippen molar-refractivity contribution in [2.24, 2.45) is 11.8 Å². The van der Waals surface area contributed by atoms with Gasteiger partial charge in [-0.1, -0.05) is 38.5 Å². The first kappa shape index (κ1) is 24.6. The summed E-state index contributed by atoms with van der Waals surface area (Å²) in [6.07, 6.45) is 3.79. The zero-order valence-electron chi connectivity index (χ0n) is 21.1. The van der Waals surface area contributed by atoms with Gasteiger partial charge in [0, 0.05) is 49.6 Å². The van der Waals surface area contributed by atoms with E-state index in [1.54, 1.807) is 18.2 Å². The largest absolute Gasteiger partial charge is 0.336 e. The van der Waals surface area contributed by atoms with Crippen LogP contribution in [0.2, 0.25) is 0 Å². The van der Waals surface area contributed by atoms with Gasteiger partial charge < -0.3 is 4.90 Å². The van der Waals surface area contributed by atoms with Crippen LogP contribution in [0.25, 0.3) is 5.69 Å². The van der Waals surface area contributed by atoms with Crippen LogP contribution in [-0.4, -0.2) is 38.6 Å². The Bertz CT molecular complexity index is 1220. The summed E-state index contributed by atoms with van der Waals surface area (Å²) in [5, 5.41) is 4.98. The summed E-state index contributed by atoms with van der Waals surface area (Å²) >= 11 is 0. The number of halogens is 2. The highest BCUT2D eigenvalue weighted by Crippen LogP contribution is 2.31. The first-order valence-corrected chi connectivity index (χ1v) is 13.0. The minimum Gasteiger partial charge on any atom is -0.336 e. The maximum Gasteiger partial charge on any atom is 0.226 e. The molecule has 2 heterocycles. The van der Waals surface area contributed by atoms with Crippen molar-refractivity contribution in [2.45, 2.75) is 59.2 Å². The van der Waals surface area contributed by atoms with E-state index in [9.17, 15) is 13.6 Å². The first-order valence-electron chi connectivity index (χ1n) is 13.0. The Hall–Kier alpha value is -3.06. The van der Waals surface area contributed by atoms with Crippen LogP contribution in [0.4, 0.5) is 8.78 Å². The lowest BCUT2D eigenvalue weighted by Crippen LogP contribution is -2.41. The van der Waals surface area contributed by atoms with E-state index in [4.69, 9.17) is 5.10 Å². The third-order valence-corrected chi connectivity index (χ3v) is 7.33. The third kappa shape index (κ3) is 5.21. The second-order valence-corrected chi connectivity index (χ2v) is 10.6. The van der Waals surface area contributed by atoms with Gasteiger partial charge in [0.2, 0.25) is 5.91 Å². The lowest BCUT2D eigenvalue weighted by Gasteiger charge is -2.33. The van der Waals surface area contributed by atoms with E-state index < -0.39 is 0 Å². The number of carbonyl (C=O) groups is 1. The minimum absolute atomic E-state index is 0.122. The SMILES string of the molecule is CC(C)CN(Cc1nn(-c2ccc(F)cc2)c2c1CN(Cc1ccccc1F)CC2)C(=O)C1CCC1. The van der Waals surface area contributed by atoms with Gasteiger partial charge in [0.25, 0.3) is 0 Å². The zero-order chi connectivity index (χ0) is 25.2. The summed E-state index contributed by atoms with van der Waals surface area (Å²) in [6.45, 7) is 7.32. The molecule has 5 nitrogen and oxygen atoms in total. The van der Waals surface area contributed by atoms with Crippen LogP contribution in [0.5, 0.6) is 0 Å². The lowest BCUT2D eigenvalue weighted by molar-refractivity contribution is -0.139. The number of benzene rings is 2. The van der Waals surface area contributed by atoms with Gasteiger partial charge in [-0.2, -0.15) is 5.10 Å². The van der Waals surface area contributed by atoms with Crippen molar-refractivity contribution in [1.82, 2.24) is 19.6 Å². The van der Waals surface area contributed by atoms with Gasteiger partial charge in [-0.25, -0.2) is 13.5 Å². The van der Waals surface area contributed by atoms with E-state index in [2.05, 4.69) is 18.7 Å². The van der Waals surface area contributed by atoms with Crippen LogP contribution in [-0.2, 0) is 30.8 Å². The fourth-order valence-corrected chi connectivity index (χ4v) is 5.23. The predicted molar refractivity (Wildman–Crippen MR) is 135 cm³/mol. The average Bonchev–Trinajstić information content (AvgIpc) is 3.17. The number of nitrogens with zero attached hydrogens (tertiary/aromatic N) is 4. The Morgan fingerprint density at radius 1 is 1.11 bits per heavy atom. The van der Waals surface area contributed by atoms with Crippen LogP contribution in [0, 0.1) is 23.5 Å². The van der Waals surface area contributed by atoms with Crippen LogP contribution < -0.4 is 0 Å². The Labute approximate surface area is 211 Å². The number of amides is 1. The van der Waals surface area contributed by atoms with Crippen LogP contribution >= 0.6 is 0 Å². The molecule has 0 atom stereocenters. The monoisotopic (exact) mass is 492 g/mol. The Balaban J connectivity index is 1.47. The molecule has 1 aliphatic heterocycles. The molecule has 1 saturated carbocycles. The number of hydrogen-bond acceptors (Lipinski definition) is 3. The molecule has 0 N–H and O–H groups in total. The molecule has 1 amide bonds. The van der Waals surface area contributed by atoms with Crippen LogP contribution in [0.15, 0.2) is 48.5 Å². The topological polar surface area (TPSA) is 41.4 Å².